The Morgan fingerprint density at radius 3 is 1.64 bits per heavy atom. The second-order valence-electron chi connectivity index (χ2n) is 14.7. The van der Waals surface area contributed by atoms with Crippen LogP contribution in [0.2, 0.25) is 0 Å². The topological polar surface area (TPSA) is 196 Å². The minimum atomic E-state index is -2.44. The molecule has 16 nitrogen and oxygen atoms in total. The van der Waals surface area contributed by atoms with Crippen molar-refractivity contribution in [3.05, 3.63) is 70.8 Å². The third-order valence-electron chi connectivity index (χ3n) is 7.86. The number of aliphatic hydroxyl groups is 1. The summed E-state index contributed by atoms with van der Waals surface area (Å²) in [5, 5.41) is 25.1. The molecule has 318 valence electrons. The smallest absolute Gasteiger partial charge is 0.341 e. The summed E-state index contributed by atoms with van der Waals surface area (Å²) in [6, 6.07) is 6.19. The van der Waals surface area contributed by atoms with Crippen LogP contribution in [0.5, 0.6) is 28.7 Å². The molecular formula is C40H49F2NO15. The van der Waals surface area contributed by atoms with Gasteiger partial charge in [-0.05, 0) is 71.4 Å². The Labute approximate surface area is 334 Å². The summed E-state index contributed by atoms with van der Waals surface area (Å²) >= 11 is 0. The van der Waals surface area contributed by atoms with E-state index in [1.54, 1.807) is 41.5 Å². The van der Waals surface area contributed by atoms with E-state index >= 15 is 8.78 Å². The molecular weight excluding hydrogens is 772 g/mol. The highest BCUT2D eigenvalue weighted by atomic mass is 19.1. The van der Waals surface area contributed by atoms with Gasteiger partial charge in [-0.3, -0.25) is 0 Å². The highest BCUT2D eigenvalue weighted by Crippen LogP contribution is 2.53. The predicted molar refractivity (Wildman–Crippen MR) is 200 cm³/mol. The van der Waals surface area contributed by atoms with Crippen LogP contribution in [0.3, 0.4) is 0 Å². The van der Waals surface area contributed by atoms with Gasteiger partial charge in [0, 0.05) is 37.5 Å². The van der Waals surface area contributed by atoms with Gasteiger partial charge in [-0.2, -0.15) is 0 Å². The molecule has 0 amide bonds. The zero-order chi connectivity index (χ0) is 42.8. The first-order chi connectivity index (χ1) is 27.3. The van der Waals surface area contributed by atoms with Crippen molar-refractivity contribution in [3.8, 4) is 28.7 Å². The summed E-state index contributed by atoms with van der Waals surface area (Å²) in [5.41, 5.74) is -5.13. The van der Waals surface area contributed by atoms with E-state index in [0.717, 1.165) is 12.1 Å². The molecule has 1 aliphatic rings. The van der Waals surface area contributed by atoms with E-state index in [-0.39, 0.29) is 91.1 Å². The molecule has 58 heavy (non-hydrogen) atoms. The maximum absolute atomic E-state index is 15.8. The molecule has 0 atom stereocenters. The lowest BCUT2D eigenvalue weighted by Gasteiger charge is -2.37. The fourth-order valence-electron chi connectivity index (χ4n) is 5.43. The zero-order valence-corrected chi connectivity index (χ0v) is 33.5. The fourth-order valence-corrected chi connectivity index (χ4v) is 5.43. The molecule has 3 aromatic carbocycles. The molecule has 1 aliphatic heterocycles. The van der Waals surface area contributed by atoms with Crippen molar-refractivity contribution in [2.45, 2.75) is 64.4 Å². The number of esters is 2. The molecule has 0 saturated carbocycles. The van der Waals surface area contributed by atoms with E-state index in [4.69, 9.17) is 47.4 Å². The summed E-state index contributed by atoms with van der Waals surface area (Å²) in [7, 11) is 2.97. The van der Waals surface area contributed by atoms with Crippen molar-refractivity contribution in [3.63, 3.8) is 0 Å². The van der Waals surface area contributed by atoms with Crippen LogP contribution in [0.1, 0.15) is 58.2 Å². The maximum Gasteiger partial charge on any atom is 0.341 e. The van der Waals surface area contributed by atoms with Crippen molar-refractivity contribution in [2.24, 2.45) is 0 Å². The Hall–Kier alpha value is -5.27. The number of nitrogens with one attached hydrogen (secondary N) is 1. The quantitative estimate of drug-likeness (QED) is 0.0576. The lowest BCUT2D eigenvalue weighted by Crippen LogP contribution is -2.45. The van der Waals surface area contributed by atoms with Crippen LogP contribution in [0.4, 0.5) is 14.5 Å². The number of ether oxygens (including phenoxy) is 10. The minimum Gasteiger partial charge on any atom is -0.480 e. The Morgan fingerprint density at radius 2 is 1.21 bits per heavy atom. The van der Waals surface area contributed by atoms with Gasteiger partial charge in [-0.1, -0.05) is 6.07 Å². The molecule has 0 unspecified atom stereocenters. The van der Waals surface area contributed by atoms with Crippen molar-refractivity contribution in [2.75, 3.05) is 66.2 Å². The number of carboxylic acid groups (broad SMARTS) is 1. The van der Waals surface area contributed by atoms with Crippen molar-refractivity contribution in [1.82, 2.24) is 0 Å². The lowest BCUT2D eigenvalue weighted by atomic mass is 9.77. The SMILES string of the molecule is COCCOCOc1cc2c(cc1F)C(O)(c1ccc(NC(C(=O)OC(C)(C)C)C(=O)OC(C)(C)C)c(OCC(=O)O)c1)c1cc(F)c(OCOCCOC)cc1O2. The predicted octanol–water partition coefficient (Wildman–Crippen LogP) is 5.28. The van der Waals surface area contributed by atoms with Crippen LogP contribution in [0.25, 0.3) is 0 Å². The van der Waals surface area contributed by atoms with Crippen LogP contribution in [-0.2, 0) is 48.4 Å². The average molecular weight is 822 g/mol. The molecule has 18 heteroatoms. The van der Waals surface area contributed by atoms with Gasteiger partial charge in [0.15, 0.2) is 43.3 Å². The number of rotatable bonds is 20. The second-order valence-corrected chi connectivity index (χ2v) is 14.7. The molecule has 4 rings (SSSR count). The van der Waals surface area contributed by atoms with Crippen LogP contribution in [0, 0.1) is 11.6 Å². The number of halogens is 2. The Morgan fingerprint density at radius 1 is 0.724 bits per heavy atom. The van der Waals surface area contributed by atoms with Crippen molar-refractivity contribution < 1.29 is 80.7 Å². The highest BCUT2D eigenvalue weighted by molar-refractivity contribution is 6.02. The number of hydrogen-bond acceptors (Lipinski definition) is 15. The van der Waals surface area contributed by atoms with Gasteiger partial charge < -0.3 is 62.9 Å². The summed E-state index contributed by atoms with van der Waals surface area (Å²) in [6.45, 7) is 8.78. The van der Waals surface area contributed by atoms with Gasteiger partial charge >= 0.3 is 17.9 Å². The summed E-state index contributed by atoms with van der Waals surface area (Å²) < 4.78 is 85.6. The van der Waals surface area contributed by atoms with Gasteiger partial charge in [-0.25, -0.2) is 23.2 Å². The zero-order valence-electron chi connectivity index (χ0n) is 33.5. The third-order valence-corrected chi connectivity index (χ3v) is 7.86. The van der Waals surface area contributed by atoms with Crippen molar-refractivity contribution in [1.29, 1.82) is 0 Å². The van der Waals surface area contributed by atoms with E-state index in [0.29, 0.717) is 0 Å². The van der Waals surface area contributed by atoms with Gasteiger partial charge in [0.05, 0.1) is 32.1 Å². The first-order valence-electron chi connectivity index (χ1n) is 18.0. The first kappa shape index (κ1) is 45.4. The molecule has 0 aliphatic carbocycles. The maximum atomic E-state index is 15.8. The third kappa shape index (κ3) is 11.9. The molecule has 3 aromatic rings. The largest absolute Gasteiger partial charge is 0.480 e. The summed E-state index contributed by atoms with van der Waals surface area (Å²) in [5.74, 6) is -6.49. The number of carbonyl (C=O) groups excluding carboxylic acids is 2. The normalized spacial score (nSPS) is 13.2. The molecule has 3 N–H and O–H groups in total. The number of carboxylic acids is 1. The highest BCUT2D eigenvalue weighted by Gasteiger charge is 2.45. The van der Waals surface area contributed by atoms with Gasteiger partial charge in [0.1, 0.15) is 34.1 Å². The Balaban J connectivity index is 1.87. The van der Waals surface area contributed by atoms with Gasteiger partial charge in [0.2, 0.25) is 6.04 Å². The van der Waals surface area contributed by atoms with E-state index in [1.165, 1.54) is 44.6 Å². The summed E-state index contributed by atoms with van der Waals surface area (Å²) in [6.07, 6.45) is 0. The number of methoxy groups -OCH3 is 2. The lowest BCUT2D eigenvalue weighted by molar-refractivity contribution is -0.168. The van der Waals surface area contributed by atoms with E-state index in [1.807, 2.05) is 0 Å². The number of fused-ring (bicyclic) bond motifs is 2. The minimum absolute atomic E-state index is 0.102. The molecule has 0 bridgehead atoms. The van der Waals surface area contributed by atoms with Gasteiger partial charge in [0.25, 0.3) is 0 Å². The monoisotopic (exact) mass is 821 g/mol. The number of aliphatic carboxylic acids is 1. The van der Waals surface area contributed by atoms with Crippen molar-refractivity contribution >= 4 is 23.6 Å². The molecule has 0 fully saturated rings. The Bertz CT molecular complexity index is 1830. The number of benzene rings is 3. The van der Waals surface area contributed by atoms with E-state index in [9.17, 15) is 24.6 Å². The van der Waals surface area contributed by atoms with Crippen LogP contribution >= 0.6 is 0 Å². The van der Waals surface area contributed by atoms with Crippen LogP contribution < -0.4 is 24.3 Å². The van der Waals surface area contributed by atoms with Crippen LogP contribution in [0.15, 0.2) is 42.5 Å². The average Bonchev–Trinajstić information content (AvgIpc) is 3.12. The van der Waals surface area contributed by atoms with Crippen LogP contribution in [-0.4, -0.2) is 106 Å². The van der Waals surface area contributed by atoms with E-state index < -0.39 is 59.0 Å². The molecule has 1 heterocycles. The molecule has 0 radical (unpaired) electrons. The van der Waals surface area contributed by atoms with Gasteiger partial charge in [-0.15, -0.1) is 0 Å². The standard InChI is InChI=1S/C40H49F2NO15/c1-38(2,3)57-36(46)35(37(47)58-39(4,5)6)43-28-10-9-23(15-33(28)53-20-34(44)45)40(48)24-16-26(41)31(54-21-51-13-11-49-7)18-29(24)56-30-19-32(27(42)17-25(30)40)55-22-52-14-12-50-8/h9-10,15-19,35,43,48H,11-14,20-22H2,1-8H3,(H,44,45). The number of hydrogen-bond donors (Lipinski definition) is 3. The number of anilines is 1. The Kier molecular flexibility index (Phi) is 15.2. The second kappa shape index (κ2) is 19.5. The molecule has 0 aromatic heterocycles. The fraction of sp³-hybridized carbons (Fsp3) is 0.475. The van der Waals surface area contributed by atoms with E-state index in [2.05, 4.69) is 5.32 Å². The molecule has 0 saturated heterocycles. The first-order valence-corrected chi connectivity index (χ1v) is 18.0. The molecule has 0 spiro atoms. The summed E-state index contributed by atoms with van der Waals surface area (Å²) in [4.78, 5) is 38.4. The number of carbonyl (C=O) groups is 3.